The topological polar surface area (TPSA) is 22.1 Å². The number of hydrogen-bond acceptors (Lipinski definition) is 2. The smallest absolute Gasteiger partial charge is 0.0469 e. The molecule has 1 fully saturated rings. The van der Waals surface area contributed by atoms with Crippen LogP contribution < -0.4 is 0 Å². The van der Waals surface area contributed by atoms with Crippen LogP contribution in [0.2, 0.25) is 0 Å². The molecule has 0 aliphatic heterocycles. The third-order valence-electron chi connectivity index (χ3n) is 4.13. The Balaban J connectivity index is 1.42. The van der Waals surface area contributed by atoms with Gasteiger partial charge in [-0.3, -0.25) is 4.98 Å². The van der Waals surface area contributed by atoms with Crippen molar-refractivity contribution in [2.45, 2.75) is 57.8 Å². The lowest BCUT2D eigenvalue weighted by Gasteiger charge is -2.21. The molecule has 0 spiro atoms. The number of aromatic nitrogens is 1. The van der Waals surface area contributed by atoms with Crippen molar-refractivity contribution in [3.8, 4) is 0 Å². The zero-order valence-electron chi connectivity index (χ0n) is 12.0. The van der Waals surface area contributed by atoms with E-state index in [0.29, 0.717) is 0 Å². The summed E-state index contributed by atoms with van der Waals surface area (Å²) in [6, 6.07) is 4.17. The van der Waals surface area contributed by atoms with Crippen molar-refractivity contribution in [2.75, 3.05) is 13.2 Å². The molecule has 0 amide bonds. The molecule has 106 valence electrons. The van der Waals surface area contributed by atoms with Crippen molar-refractivity contribution in [3.05, 3.63) is 30.1 Å². The normalized spacial score (nSPS) is 16.6. The molecule has 0 bridgehead atoms. The van der Waals surface area contributed by atoms with E-state index in [0.717, 1.165) is 32.0 Å². The molecule has 1 aromatic heterocycles. The molecule has 1 aliphatic rings. The number of rotatable bonds is 8. The van der Waals surface area contributed by atoms with Crippen LogP contribution in [0.1, 0.15) is 56.9 Å². The van der Waals surface area contributed by atoms with Gasteiger partial charge in [0.25, 0.3) is 0 Å². The van der Waals surface area contributed by atoms with Crippen molar-refractivity contribution in [1.82, 2.24) is 4.98 Å². The number of aryl methyl sites for hydroxylation is 1. The lowest BCUT2D eigenvalue weighted by atomic mass is 9.86. The van der Waals surface area contributed by atoms with Crippen LogP contribution in [0.25, 0.3) is 0 Å². The molecule has 1 aromatic rings. The minimum absolute atomic E-state index is 0.896. The van der Waals surface area contributed by atoms with Crippen LogP contribution in [-0.4, -0.2) is 18.2 Å². The van der Waals surface area contributed by atoms with Crippen molar-refractivity contribution < 1.29 is 4.74 Å². The quantitative estimate of drug-likeness (QED) is 0.647. The number of ether oxygens (including phenoxy) is 1. The predicted octanol–water partition coefficient (Wildman–Crippen LogP) is 4.39. The fourth-order valence-electron chi connectivity index (χ4n) is 2.98. The zero-order chi connectivity index (χ0) is 13.2. The molecule has 0 saturated heterocycles. The minimum atomic E-state index is 0.896. The average molecular weight is 261 g/mol. The Morgan fingerprint density at radius 3 is 2.53 bits per heavy atom. The summed E-state index contributed by atoms with van der Waals surface area (Å²) in [5.41, 5.74) is 1.36. The van der Waals surface area contributed by atoms with E-state index < -0.39 is 0 Å². The highest BCUT2D eigenvalue weighted by Gasteiger charge is 2.12. The maximum absolute atomic E-state index is 5.73. The summed E-state index contributed by atoms with van der Waals surface area (Å²) in [5, 5.41) is 0. The molecule has 2 nitrogen and oxygen atoms in total. The Kier molecular flexibility index (Phi) is 6.94. The minimum Gasteiger partial charge on any atom is -0.381 e. The molecule has 1 saturated carbocycles. The molecule has 2 heteroatoms. The third kappa shape index (κ3) is 6.20. The zero-order valence-corrected chi connectivity index (χ0v) is 12.0. The van der Waals surface area contributed by atoms with Crippen LogP contribution in [0.3, 0.4) is 0 Å². The van der Waals surface area contributed by atoms with Gasteiger partial charge in [-0.1, -0.05) is 32.1 Å². The van der Waals surface area contributed by atoms with Gasteiger partial charge in [-0.15, -0.1) is 0 Å². The molecule has 19 heavy (non-hydrogen) atoms. The van der Waals surface area contributed by atoms with Crippen LogP contribution in [0, 0.1) is 5.92 Å². The molecule has 1 heterocycles. The summed E-state index contributed by atoms with van der Waals surface area (Å²) in [6.45, 7) is 1.85. The van der Waals surface area contributed by atoms with Gasteiger partial charge in [0.05, 0.1) is 0 Å². The fraction of sp³-hybridized carbons (Fsp3) is 0.706. The maximum atomic E-state index is 5.73. The van der Waals surface area contributed by atoms with E-state index in [2.05, 4.69) is 17.1 Å². The monoisotopic (exact) mass is 261 g/mol. The van der Waals surface area contributed by atoms with Crippen molar-refractivity contribution in [3.63, 3.8) is 0 Å². The molecule has 2 rings (SSSR count). The largest absolute Gasteiger partial charge is 0.381 e. The summed E-state index contributed by atoms with van der Waals surface area (Å²) in [6.07, 6.45) is 15.9. The molecule has 0 radical (unpaired) electrons. The van der Waals surface area contributed by atoms with Crippen LogP contribution >= 0.6 is 0 Å². The van der Waals surface area contributed by atoms with Gasteiger partial charge in [-0.05, 0) is 49.3 Å². The van der Waals surface area contributed by atoms with E-state index in [1.165, 1.54) is 50.5 Å². The van der Waals surface area contributed by atoms with Crippen LogP contribution in [0.5, 0.6) is 0 Å². The summed E-state index contributed by atoms with van der Waals surface area (Å²) in [7, 11) is 0. The second-order valence-electron chi connectivity index (χ2n) is 5.72. The highest BCUT2D eigenvalue weighted by atomic mass is 16.5. The van der Waals surface area contributed by atoms with Gasteiger partial charge in [0, 0.05) is 25.6 Å². The lowest BCUT2D eigenvalue weighted by molar-refractivity contribution is 0.122. The average Bonchev–Trinajstić information content (AvgIpc) is 2.48. The first kappa shape index (κ1) is 14.5. The second kappa shape index (κ2) is 9.08. The van der Waals surface area contributed by atoms with Gasteiger partial charge >= 0.3 is 0 Å². The van der Waals surface area contributed by atoms with E-state index in [4.69, 9.17) is 4.74 Å². The highest BCUT2D eigenvalue weighted by Crippen LogP contribution is 2.27. The molecular formula is C17H27NO. The number of hydrogen-bond donors (Lipinski definition) is 0. The molecule has 0 atom stereocenters. The standard InChI is InChI=1S/C17H27NO/c1-2-6-16(7-3-1)8-4-14-19-15-5-9-17-10-12-18-13-11-17/h10-13,16H,1-9,14-15H2. The first-order valence-corrected chi connectivity index (χ1v) is 7.92. The highest BCUT2D eigenvalue weighted by molar-refractivity contribution is 5.09. The Morgan fingerprint density at radius 1 is 1.00 bits per heavy atom. The molecular weight excluding hydrogens is 234 g/mol. The molecule has 0 aromatic carbocycles. The van der Waals surface area contributed by atoms with E-state index >= 15 is 0 Å². The molecule has 0 unspecified atom stereocenters. The Labute approximate surface area is 117 Å². The lowest BCUT2D eigenvalue weighted by Crippen LogP contribution is -2.07. The Bertz CT molecular complexity index is 319. The Morgan fingerprint density at radius 2 is 1.74 bits per heavy atom. The van der Waals surface area contributed by atoms with Gasteiger partial charge in [0.15, 0.2) is 0 Å². The summed E-state index contributed by atoms with van der Waals surface area (Å²) in [5.74, 6) is 0.995. The second-order valence-corrected chi connectivity index (χ2v) is 5.72. The van der Waals surface area contributed by atoms with Crippen LogP contribution in [-0.2, 0) is 11.2 Å². The van der Waals surface area contributed by atoms with Crippen LogP contribution in [0.15, 0.2) is 24.5 Å². The van der Waals surface area contributed by atoms with Crippen LogP contribution in [0.4, 0.5) is 0 Å². The van der Waals surface area contributed by atoms with Crippen molar-refractivity contribution in [2.24, 2.45) is 5.92 Å². The van der Waals surface area contributed by atoms with E-state index in [1.54, 1.807) is 0 Å². The SMILES string of the molecule is c1cc(CCCOCCCC2CCCCC2)ccn1. The third-order valence-corrected chi connectivity index (χ3v) is 4.13. The predicted molar refractivity (Wildman–Crippen MR) is 79.2 cm³/mol. The Hall–Kier alpha value is -0.890. The first-order chi connectivity index (χ1) is 9.45. The molecule has 1 aliphatic carbocycles. The van der Waals surface area contributed by atoms with E-state index in [1.807, 2.05) is 12.4 Å². The van der Waals surface area contributed by atoms with E-state index in [9.17, 15) is 0 Å². The van der Waals surface area contributed by atoms with Crippen molar-refractivity contribution >= 4 is 0 Å². The first-order valence-electron chi connectivity index (χ1n) is 7.92. The number of pyridine rings is 1. The summed E-state index contributed by atoms with van der Waals surface area (Å²) in [4.78, 5) is 4.03. The van der Waals surface area contributed by atoms with E-state index in [-0.39, 0.29) is 0 Å². The van der Waals surface area contributed by atoms with Gasteiger partial charge in [-0.2, -0.15) is 0 Å². The molecule has 0 N–H and O–H groups in total. The fourth-order valence-corrected chi connectivity index (χ4v) is 2.98. The van der Waals surface area contributed by atoms with Crippen molar-refractivity contribution in [1.29, 1.82) is 0 Å². The van der Waals surface area contributed by atoms with Gasteiger partial charge in [0.1, 0.15) is 0 Å². The summed E-state index contributed by atoms with van der Waals surface area (Å²) < 4.78 is 5.73. The van der Waals surface area contributed by atoms with Gasteiger partial charge < -0.3 is 4.74 Å². The maximum Gasteiger partial charge on any atom is 0.0469 e. The van der Waals surface area contributed by atoms with Gasteiger partial charge in [-0.25, -0.2) is 0 Å². The van der Waals surface area contributed by atoms with Gasteiger partial charge in [0.2, 0.25) is 0 Å². The number of nitrogens with zero attached hydrogens (tertiary/aromatic N) is 1. The summed E-state index contributed by atoms with van der Waals surface area (Å²) >= 11 is 0.